The number of imidazole rings is 1. The molecule has 5 rings (SSSR count). The Morgan fingerprint density at radius 1 is 1.12 bits per heavy atom. The van der Waals surface area contributed by atoms with Crippen LogP contribution >= 0.6 is 0 Å². The van der Waals surface area contributed by atoms with Gasteiger partial charge >= 0.3 is 0 Å². The second kappa shape index (κ2) is 8.82. The number of ketones is 1. The first kappa shape index (κ1) is 21.4. The first-order valence-corrected chi connectivity index (χ1v) is 11.0. The lowest BCUT2D eigenvalue weighted by molar-refractivity contribution is -0.114. The van der Waals surface area contributed by atoms with Crippen LogP contribution in [0.4, 0.5) is 11.4 Å². The summed E-state index contributed by atoms with van der Waals surface area (Å²) < 4.78 is 5.32. The molecule has 0 fully saturated rings. The maximum absolute atomic E-state index is 13.7. The molecule has 2 heterocycles. The fraction of sp³-hybridized carbons (Fsp3) is 0.154. The molecule has 1 aliphatic rings. The predicted octanol–water partition coefficient (Wildman–Crippen LogP) is 3.86. The third-order valence-electron chi connectivity index (χ3n) is 5.91. The number of phenolic OH excluding ortho intramolecular Hbond substituents is 1. The van der Waals surface area contributed by atoms with Gasteiger partial charge in [-0.1, -0.05) is 30.3 Å². The minimum atomic E-state index is -0.578. The van der Waals surface area contributed by atoms with E-state index >= 15 is 0 Å². The fourth-order valence-corrected chi connectivity index (χ4v) is 4.32. The molecule has 1 unspecified atom stereocenters. The summed E-state index contributed by atoms with van der Waals surface area (Å²) in [5, 5.41) is 13.6. The molecule has 172 valence electrons. The van der Waals surface area contributed by atoms with E-state index in [1.165, 1.54) is 13.2 Å². The van der Waals surface area contributed by atoms with Crippen LogP contribution in [0.2, 0.25) is 0 Å². The Morgan fingerprint density at radius 2 is 1.88 bits per heavy atom. The molecule has 0 saturated carbocycles. The lowest BCUT2D eigenvalue weighted by Gasteiger charge is -2.27. The first-order chi connectivity index (χ1) is 16.5. The van der Waals surface area contributed by atoms with Crippen molar-refractivity contribution in [3.8, 4) is 11.5 Å². The highest BCUT2D eigenvalue weighted by molar-refractivity contribution is 6.27. The molecule has 0 radical (unpaired) electrons. The molecule has 4 aromatic rings. The van der Waals surface area contributed by atoms with Gasteiger partial charge in [0.2, 0.25) is 0 Å². The number of nitrogens with zero attached hydrogens (tertiary/aromatic N) is 2. The van der Waals surface area contributed by atoms with E-state index in [-0.39, 0.29) is 17.4 Å². The van der Waals surface area contributed by atoms with Crippen molar-refractivity contribution in [2.24, 2.45) is 5.73 Å². The summed E-state index contributed by atoms with van der Waals surface area (Å²) in [6, 6.07) is 21.6. The highest BCUT2D eigenvalue weighted by atomic mass is 16.5. The number of aromatic nitrogens is 2. The van der Waals surface area contributed by atoms with Crippen molar-refractivity contribution in [1.82, 2.24) is 9.97 Å². The molecule has 0 saturated heterocycles. The van der Waals surface area contributed by atoms with Crippen LogP contribution in [0.25, 0.3) is 16.6 Å². The van der Waals surface area contributed by atoms with Crippen molar-refractivity contribution in [3.63, 3.8) is 0 Å². The predicted molar refractivity (Wildman–Crippen MR) is 133 cm³/mol. The maximum Gasteiger partial charge on any atom is 0.193 e. The second-order valence-corrected chi connectivity index (χ2v) is 8.08. The van der Waals surface area contributed by atoms with Crippen molar-refractivity contribution in [2.75, 3.05) is 23.9 Å². The number of fused-ring (bicyclic) bond motifs is 1. The van der Waals surface area contributed by atoms with Gasteiger partial charge in [-0.2, -0.15) is 0 Å². The number of para-hydroxylation sites is 3. The lowest BCUT2D eigenvalue weighted by Crippen LogP contribution is -2.38. The average Bonchev–Trinajstić information content (AvgIpc) is 3.37. The van der Waals surface area contributed by atoms with E-state index in [4.69, 9.17) is 10.5 Å². The van der Waals surface area contributed by atoms with Crippen molar-refractivity contribution < 1.29 is 14.6 Å². The van der Waals surface area contributed by atoms with Crippen LogP contribution in [0.1, 0.15) is 12.2 Å². The van der Waals surface area contributed by atoms with Crippen LogP contribution in [-0.4, -0.2) is 40.6 Å². The standard InChI is InChI=1S/C26H25N5O3/c1-34-19-14-17(13-18(32)15-19)31-22(11-12-28-16-7-3-2-4-8-16)24(33)23(25(31)27)26-29-20-9-5-6-10-21(20)30-26/h2-10,13-15,22,28,32H,11-12,27H2,1H3,(H,29,30). The van der Waals surface area contributed by atoms with Gasteiger partial charge in [-0.15, -0.1) is 0 Å². The van der Waals surface area contributed by atoms with Gasteiger partial charge in [-0.05, 0) is 30.7 Å². The SMILES string of the molecule is COc1cc(O)cc(N2C(N)=C(c3nc4ccccc4[nH]3)C(=O)C2CCNc2ccccc2)c1. The zero-order chi connectivity index (χ0) is 23.7. The molecule has 1 atom stereocenters. The van der Waals surface area contributed by atoms with Gasteiger partial charge in [0.15, 0.2) is 5.78 Å². The highest BCUT2D eigenvalue weighted by Gasteiger charge is 2.41. The lowest BCUT2D eigenvalue weighted by atomic mass is 10.0. The summed E-state index contributed by atoms with van der Waals surface area (Å²) in [5.74, 6) is 1.07. The monoisotopic (exact) mass is 455 g/mol. The summed E-state index contributed by atoms with van der Waals surface area (Å²) in [4.78, 5) is 23.3. The molecule has 8 heteroatoms. The summed E-state index contributed by atoms with van der Waals surface area (Å²) >= 11 is 0. The Kier molecular flexibility index (Phi) is 5.55. The Bertz CT molecular complexity index is 1350. The molecule has 1 aromatic heterocycles. The zero-order valence-corrected chi connectivity index (χ0v) is 18.7. The number of Topliss-reactive ketones (excluding diaryl/α,β-unsaturated/α-hetero) is 1. The minimum Gasteiger partial charge on any atom is -0.508 e. The van der Waals surface area contributed by atoms with E-state index in [2.05, 4.69) is 15.3 Å². The van der Waals surface area contributed by atoms with Crippen LogP contribution in [-0.2, 0) is 4.79 Å². The van der Waals surface area contributed by atoms with Crippen LogP contribution < -0.4 is 20.7 Å². The molecule has 0 aliphatic carbocycles. The van der Waals surface area contributed by atoms with Crippen LogP contribution in [0.5, 0.6) is 11.5 Å². The van der Waals surface area contributed by atoms with Crippen LogP contribution in [0, 0.1) is 0 Å². The number of nitrogens with one attached hydrogen (secondary N) is 2. The first-order valence-electron chi connectivity index (χ1n) is 11.0. The van der Waals surface area contributed by atoms with E-state index in [0.717, 1.165) is 16.7 Å². The number of anilines is 2. The van der Waals surface area contributed by atoms with Crippen molar-refractivity contribution in [1.29, 1.82) is 0 Å². The number of hydrogen-bond donors (Lipinski definition) is 4. The third-order valence-corrected chi connectivity index (χ3v) is 5.91. The number of methoxy groups -OCH3 is 1. The van der Waals surface area contributed by atoms with E-state index in [9.17, 15) is 9.90 Å². The number of carbonyl (C=O) groups is 1. The second-order valence-electron chi connectivity index (χ2n) is 8.08. The number of phenols is 1. The number of aromatic amines is 1. The van der Waals surface area contributed by atoms with E-state index < -0.39 is 6.04 Å². The van der Waals surface area contributed by atoms with Gasteiger partial charge < -0.3 is 30.8 Å². The highest BCUT2D eigenvalue weighted by Crippen LogP contribution is 2.38. The number of carbonyl (C=O) groups excluding carboxylic acids is 1. The van der Waals surface area contributed by atoms with Crippen LogP contribution in [0.15, 0.2) is 78.6 Å². The van der Waals surface area contributed by atoms with E-state index in [1.807, 2.05) is 54.6 Å². The van der Waals surface area contributed by atoms with Crippen molar-refractivity contribution in [3.05, 3.63) is 84.4 Å². The quantitative estimate of drug-likeness (QED) is 0.334. The van der Waals surface area contributed by atoms with Gasteiger partial charge in [-0.3, -0.25) is 4.79 Å². The van der Waals surface area contributed by atoms with Crippen LogP contribution in [0.3, 0.4) is 0 Å². The number of nitrogens with two attached hydrogens (primary N) is 1. The Labute approximate surface area is 196 Å². The summed E-state index contributed by atoms with van der Waals surface area (Å²) in [7, 11) is 1.52. The molecule has 8 nitrogen and oxygen atoms in total. The number of benzene rings is 3. The number of rotatable bonds is 7. The maximum atomic E-state index is 13.7. The molecule has 1 aliphatic heterocycles. The van der Waals surface area contributed by atoms with Gasteiger partial charge in [0.1, 0.15) is 34.8 Å². The average molecular weight is 456 g/mol. The van der Waals surface area contributed by atoms with Gasteiger partial charge in [-0.25, -0.2) is 4.98 Å². The number of ether oxygens (including phenoxy) is 1. The smallest absolute Gasteiger partial charge is 0.193 e. The number of H-pyrrole nitrogens is 1. The Balaban J connectivity index is 1.52. The topological polar surface area (TPSA) is 116 Å². The normalized spacial score (nSPS) is 15.9. The third kappa shape index (κ3) is 3.90. The Morgan fingerprint density at radius 3 is 2.65 bits per heavy atom. The summed E-state index contributed by atoms with van der Waals surface area (Å²) in [6.07, 6.45) is 0.482. The molecule has 34 heavy (non-hydrogen) atoms. The molecular weight excluding hydrogens is 430 g/mol. The number of hydrogen-bond acceptors (Lipinski definition) is 7. The van der Waals surface area contributed by atoms with Gasteiger partial charge in [0.25, 0.3) is 0 Å². The molecule has 5 N–H and O–H groups in total. The molecule has 0 bridgehead atoms. The molecule has 0 amide bonds. The van der Waals surface area contributed by atoms with Crippen molar-refractivity contribution >= 4 is 33.8 Å². The Hall–Kier alpha value is -4.46. The molecule has 3 aromatic carbocycles. The number of aromatic hydroxyl groups is 1. The fourth-order valence-electron chi connectivity index (χ4n) is 4.32. The van der Waals surface area contributed by atoms with Gasteiger partial charge in [0.05, 0.1) is 23.8 Å². The van der Waals surface area contributed by atoms with Crippen molar-refractivity contribution in [2.45, 2.75) is 12.5 Å². The van der Waals surface area contributed by atoms with E-state index in [0.29, 0.717) is 35.8 Å². The molecular formula is C26H25N5O3. The minimum absolute atomic E-state index is 0.0212. The summed E-state index contributed by atoms with van der Waals surface area (Å²) in [5.41, 5.74) is 10.0. The van der Waals surface area contributed by atoms with E-state index in [1.54, 1.807) is 17.0 Å². The summed E-state index contributed by atoms with van der Waals surface area (Å²) in [6.45, 7) is 0.549. The van der Waals surface area contributed by atoms with Gasteiger partial charge in [0, 0.05) is 30.4 Å². The zero-order valence-electron chi connectivity index (χ0n) is 18.7. The largest absolute Gasteiger partial charge is 0.508 e. The molecule has 0 spiro atoms.